The second kappa shape index (κ2) is 10.5. The molecule has 1 aliphatic heterocycles. The topological polar surface area (TPSA) is 91.8 Å². The van der Waals surface area contributed by atoms with Crippen LogP contribution in [-0.2, 0) is 20.3 Å². The average Bonchev–Trinajstić information content (AvgIpc) is 3.62. The van der Waals surface area contributed by atoms with Gasteiger partial charge < -0.3 is 10.0 Å². The largest absolute Gasteiger partial charge is 0.481 e. The molecule has 4 rings (SSSR count). The van der Waals surface area contributed by atoms with Crippen molar-refractivity contribution in [1.29, 1.82) is 0 Å². The number of hydrogen-bond acceptors (Lipinski definition) is 4. The summed E-state index contributed by atoms with van der Waals surface area (Å²) in [6, 6.07) is 14.1. The number of halogens is 2. The first-order valence-electron chi connectivity index (χ1n) is 11.8. The van der Waals surface area contributed by atoms with Crippen LogP contribution in [0.3, 0.4) is 0 Å². The molecule has 9 heteroatoms. The fourth-order valence-electron chi connectivity index (χ4n) is 5.57. The van der Waals surface area contributed by atoms with Gasteiger partial charge in [-0.15, -0.1) is 0 Å². The number of carbonyl (C=O) groups is 2. The Kier molecular flexibility index (Phi) is 7.79. The Hall–Kier alpha value is -2.09. The Morgan fingerprint density at radius 1 is 1.11 bits per heavy atom. The normalized spacial score (nSPS) is 25.6. The average molecular weight is 538 g/mol. The van der Waals surface area contributed by atoms with E-state index >= 15 is 0 Å². The van der Waals surface area contributed by atoms with E-state index in [0.29, 0.717) is 22.9 Å². The molecule has 1 saturated carbocycles. The molecule has 6 nitrogen and oxygen atoms in total. The molecule has 4 atom stereocenters. The molecule has 1 aliphatic carbocycles. The Morgan fingerprint density at radius 3 is 2.37 bits per heavy atom. The standard InChI is InChI=1S/C26H29Cl2NO5S/c1-26(15-23(30)31)14-21(18-3-2-4-20(28)13-18)24(17-7-9-19(27)10-8-17)29(25(26)32)22(16-5-6-16)11-12-35(33)34/h2-4,7-10,13,16,21-22,24,35H,5-6,11-12,14-15H2,1H3,(H,30,31). The predicted octanol–water partition coefficient (Wildman–Crippen LogP) is 5.31. The molecule has 188 valence electrons. The third-order valence-electron chi connectivity index (χ3n) is 7.26. The van der Waals surface area contributed by atoms with E-state index in [1.165, 1.54) is 0 Å². The summed E-state index contributed by atoms with van der Waals surface area (Å²) < 4.78 is 23.0. The highest BCUT2D eigenvalue weighted by Gasteiger charge is 2.54. The van der Waals surface area contributed by atoms with E-state index in [1.807, 2.05) is 35.2 Å². The van der Waals surface area contributed by atoms with Crippen LogP contribution in [0.15, 0.2) is 48.5 Å². The van der Waals surface area contributed by atoms with Crippen LogP contribution in [0.4, 0.5) is 0 Å². The molecular formula is C26H29Cl2NO5S. The summed E-state index contributed by atoms with van der Waals surface area (Å²) in [5.74, 6) is -1.35. The lowest BCUT2D eigenvalue weighted by Gasteiger charge is -2.52. The number of thiol groups is 1. The SMILES string of the molecule is CC1(CC(=O)O)CC(c2cccc(Cl)c2)C(c2ccc(Cl)cc2)N(C(CC[SH](=O)=O)C2CC2)C1=O. The van der Waals surface area contributed by atoms with E-state index < -0.39 is 28.1 Å². The maximum atomic E-state index is 14.2. The van der Waals surface area contributed by atoms with Gasteiger partial charge in [0.15, 0.2) is 0 Å². The van der Waals surface area contributed by atoms with E-state index in [2.05, 4.69) is 0 Å². The van der Waals surface area contributed by atoms with Gasteiger partial charge in [0.25, 0.3) is 0 Å². The summed E-state index contributed by atoms with van der Waals surface area (Å²) in [6.45, 7) is 1.71. The van der Waals surface area contributed by atoms with E-state index in [4.69, 9.17) is 23.2 Å². The molecular weight excluding hydrogens is 509 g/mol. The molecule has 1 saturated heterocycles. The van der Waals surface area contributed by atoms with Gasteiger partial charge in [0.05, 0.1) is 17.9 Å². The lowest BCUT2D eigenvalue weighted by Crippen LogP contribution is -2.56. The third-order valence-corrected chi connectivity index (χ3v) is 8.37. The quantitative estimate of drug-likeness (QED) is 0.422. The molecule has 2 fully saturated rings. The summed E-state index contributed by atoms with van der Waals surface area (Å²) in [4.78, 5) is 27.8. The van der Waals surface area contributed by atoms with E-state index in [1.54, 1.807) is 25.1 Å². The van der Waals surface area contributed by atoms with Crippen LogP contribution in [0.5, 0.6) is 0 Å². The highest BCUT2D eigenvalue weighted by molar-refractivity contribution is 7.72. The molecule has 2 aliphatic rings. The number of nitrogens with zero attached hydrogens (tertiary/aromatic N) is 1. The highest BCUT2D eigenvalue weighted by Crippen LogP contribution is 2.54. The van der Waals surface area contributed by atoms with Crippen LogP contribution >= 0.6 is 23.2 Å². The third kappa shape index (κ3) is 5.84. The highest BCUT2D eigenvalue weighted by atomic mass is 35.5. The van der Waals surface area contributed by atoms with Crippen molar-refractivity contribution in [2.45, 2.75) is 57.0 Å². The van der Waals surface area contributed by atoms with E-state index in [9.17, 15) is 23.1 Å². The van der Waals surface area contributed by atoms with Crippen molar-refractivity contribution in [3.05, 3.63) is 69.7 Å². The minimum absolute atomic E-state index is 0.0227. The molecule has 2 aromatic rings. The summed E-state index contributed by atoms with van der Waals surface area (Å²) >= 11 is 12.5. The Labute approximate surface area is 217 Å². The van der Waals surface area contributed by atoms with Crippen LogP contribution in [0.1, 0.15) is 62.1 Å². The summed E-state index contributed by atoms with van der Waals surface area (Å²) in [6.07, 6.45) is 2.17. The van der Waals surface area contributed by atoms with Gasteiger partial charge in [0.1, 0.15) is 10.7 Å². The minimum atomic E-state index is -2.60. The van der Waals surface area contributed by atoms with Crippen LogP contribution in [0.2, 0.25) is 10.0 Å². The van der Waals surface area contributed by atoms with Gasteiger partial charge >= 0.3 is 5.97 Å². The van der Waals surface area contributed by atoms with Gasteiger partial charge in [-0.1, -0.05) is 54.4 Å². The Bertz CT molecular complexity index is 1170. The van der Waals surface area contributed by atoms with Crippen molar-refractivity contribution in [2.75, 3.05) is 5.75 Å². The van der Waals surface area contributed by atoms with Crippen molar-refractivity contribution in [3.63, 3.8) is 0 Å². The van der Waals surface area contributed by atoms with Crippen LogP contribution in [0, 0.1) is 11.3 Å². The van der Waals surface area contributed by atoms with Crippen LogP contribution in [-0.4, -0.2) is 42.1 Å². The van der Waals surface area contributed by atoms with Crippen molar-refractivity contribution in [3.8, 4) is 0 Å². The zero-order chi connectivity index (χ0) is 25.3. The van der Waals surface area contributed by atoms with Crippen LogP contribution in [0.25, 0.3) is 0 Å². The number of aliphatic carboxylic acids is 1. The van der Waals surface area contributed by atoms with Gasteiger partial charge in [-0.05, 0) is 67.0 Å². The van der Waals surface area contributed by atoms with Crippen molar-refractivity contribution < 1.29 is 23.1 Å². The number of carbonyl (C=O) groups excluding carboxylic acids is 1. The van der Waals surface area contributed by atoms with E-state index in [-0.39, 0.29) is 36.0 Å². The van der Waals surface area contributed by atoms with Crippen molar-refractivity contribution >= 4 is 45.8 Å². The smallest absolute Gasteiger partial charge is 0.304 e. The summed E-state index contributed by atoms with van der Waals surface area (Å²) in [7, 11) is -2.60. The van der Waals surface area contributed by atoms with Gasteiger partial charge in [0.2, 0.25) is 5.91 Å². The molecule has 0 radical (unpaired) electrons. The molecule has 0 aromatic heterocycles. The molecule has 2 aromatic carbocycles. The Balaban J connectivity index is 1.89. The van der Waals surface area contributed by atoms with Gasteiger partial charge in [0, 0.05) is 27.8 Å². The number of likely N-dealkylation sites (tertiary alicyclic amines) is 1. The lowest BCUT2D eigenvalue weighted by atomic mass is 9.67. The molecule has 0 bridgehead atoms. The molecule has 35 heavy (non-hydrogen) atoms. The summed E-state index contributed by atoms with van der Waals surface area (Å²) in [5, 5.41) is 10.8. The second-order valence-corrected chi connectivity index (χ2v) is 11.9. The summed E-state index contributed by atoms with van der Waals surface area (Å²) in [5.41, 5.74) is 0.646. The number of hydrogen-bond donors (Lipinski definition) is 2. The lowest BCUT2D eigenvalue weighted by molar-refractivity contribution is -0.161. The fourth-order valence-corrected chi connectivity index (χ4v) is 6.37. The van der Waals surface area contributed by atoms with E-state index in [0.717, 1.165) is 24.0 Å². The first-order valence-corrected chi connectivity index (χ1v) is 13.9. The second-order valence-electron chi connectivity index (χ2n) is 9.96. The van der Waals surface area contributed by atoms with Gasteiger partial charge in [-0.3, -0.25) is 9.59 Å². The van der Waals surface area contributed by atoms with Crippen molar-refractivity contribution in [2.24, 2.45) is 11.3 Å². The zero-order valence-corrected chi connectivity index (χ0v) is 21.8. The number of piperidine rings is 1. The maximum Gasteiger partial charge on any atom is 0.304 e. The first kappa shape index (κ1) is 26.0. The number of carboxylic acids is 1. The maximum absolute atomic E-state index is 14.2. The molecule has 1 N–H and O–H groups in total. The molecule has 1 amide bonds. The molecule has 1 heterocycles. The van der Waals surface area contributed by atoms with Crippen LogP contribution < -0.4 is 0 Å². The fraction of sp³-hybridized carbons (Fsp3) is 0.462. The van der Waals surface area contributed by atoms with Gasteiger partial charge in [-0.25, -0.2) is 8.42 Å². The number of rotatable bonds is 9. The van der Waals surface area contributed by atoms with Gasteiger partial charge in [-0.2, -0.15) is 0 Å². The monoisotopic (exact) mass is 537 g/mol. The number of benzene rings is 2. The first-order chi connectivity index (χ1) is 16.6. The number of carboxylic acid groups (broad SMARTS) is 1. The molecule has 4 unspecified atom stereocenters. The number of amides is 1. The van der Waals surface area contributed by atoms with Crippen molar-refractivity contribution in [1.82, 2.24) is 4.90 Å². The molecule has 0 spiro atoms. The predicted molar refractivity (Wildman–Crippen MR) is 137 cm³/mol. The Morgan fingerprint density at radius 2 is 1.80 bits per heavy atom. The minimum Gasteiger partial charge on any atom is -0.481 e. The zero-order valence-electron chi connectivity index (χ0n) is 19.4.